The van der Waals surface area contributed by atoms with Crippen LogP contribution in [-0.2, 0) is 0 Å². The van der Waals surface area contributed by atoms with Crippen molar-refractivity contribution in [1.29, 1.82) is 0 Å². The Kier molecular flexibility index (Phi) is 1.17. The third-order valence-electron chi connectivity index (χ3n) is 1.76. The average molecular weight is 125 g/mol. The molecule has 3 nitrogen and oxygen atoms in total. The van der Waals surface area contributed by atoms with Gasteiger partial charge in [0.1, 0.15) is 0 Å². The summed E-state index contributed by atoms with van der Waals surface area (Å²) in [5.74, 6) is 0. The van der Waals surface area contributed by atoms with E-state index in [0.717, 1.165) is 19.6 Å². The first kappa shape index (κ1) is 5.26. The van der Waals surface area contributed by atoms with Crippen LogP contribution in [0.25, 0.3) is 0 Å². The van der Waals surface area contributed by atoms with E-state index in [4.69, 9.17) is 0 Å². The Balaban J connectivity index is 2.09. The van der Waals surface area contributed by atoms with Crippen molar-refractivity contribution in [3.8, 4) is 0 Å². The predicted octanol–water partition coefficient (Wildman–Crippen LogP) is -1.01. The zero-order valence-electron chi connectivity index (χ0n) is 5.28. The second-order valence-corrected chi connectivity index (χ2v) is 2.38. The van der Waals surface area contributed by atoms with Gasteiger partial charge in [-0.05, 0) is 6.08 Å². The summed E-state index contributed by atoms with van der Waals surface area (Å²) in [5, 5.41) is 9.95. The standard InChI is InChI=1S/C6H11N3/c1-2-8-6-5(1)7-3-4-9-6/h1,6-9H,2-4H2. The minimum atomic E-state index is 0.416. The van der Waals surface area contributed by atoms with E-state index >= 15 is 0 Å². The first-order chi connectivity index (χ1) is 4.47. The molecule has 50 valence electrons. The summed E-state index contributed by atoms with van der Waals surface area (Å²) in [6.07, 6.45) is 2.61. The van der Waals surface area contributed by atoms with Crippen LogP contribution in [0.3, 0.4) is 0 Å². The van der Waals surface area contributed by atoms with Gasteiger partial charge in [0.25, 0.3) is 0 Å². The Bertz CT molecular complexity index is 141. The van der Waals surface area contributed by atoms with Crippen LogP contribution in [0.4, 0.5) is 0 Å². The molecule has 9 heavy (non-hydrogen) atoms. The second-order valence-electron chi connectivity index (χ2n) is 2.38. The second kappa shape index (κ2) is 2.01. The fourth-order valence-corrected chi connectivity index (χ4v) is 1.29. The average Bonchev–Trinajstić information content (AvgIpc) is 2.33. The van der Waals surface area contributed by atoms with Gasteiger partial charge in [-0.15, -0.1) is 0 Å². The highest BCUT2D eigenvalue weighted by molar-refractivity contribution is 5.16. The maximum absolute atomic E-state index is 3.34. The number of nitrogens with one attached hydrogen (secondary N) is 3. The van der Waals surface area contributed by atoms with Crippen LogP contribution < -0.4 is 16.0 Å². The molecule has 2 aliphatic heterocycles. The van der Waals surface area contributed by atoms with Crippen LogP contribution in [0.1, 0.15) is 0 Å². The highest BCUT2D eigenvalue weighted by atomic mass is 15.2. The van der Waals surface area contributed by atoms with E-state index in [0.29, 0.717) is 6.17 Å². The van der Waals surface area contributed by atoms with Crippen LogP contribution >= 0.6 is 0 Å². The lowest BCUT2D eigenvalue weighted by Gasteiger charge is -2.24. The molecular weight excluding hydrogens is 114 g/mol. The molecule has 2 aliphatic rings. The van der Waals surface area contributed by atoms with Crippen molar-refractivity contribution in [3.05, 3.63) is 11.8 Å². The van der Waals surface area contributed by atoms with Crippen LogP contribution in [0.2, 0.25) is 0 Å². The minimum Gasteiger partial charge on any atom is -0.385 e. The van der Waals surface area contributed by atoms with Crippen molar-refractivity contribution in [1.82, 2.24) is 16.0 Å². The minimum absolute atomic E-state index is 0.416. The van der Waals surface area contributed by atoms with Crippen molar-refractivity contribution in [2.24, 2.45) is 0 Å². The maximum atomic E-state index is 3.34. The van der Waals surface area contributed by atoms with Gasteiger partial charge < -0.3 is 5.32 Å². The van der Waals surface area contributed by atoms with E-state index in [2.05, 4.69) is 22.0 Å². The van der Waals surface area contributed by atoms with Crippen molar-refractivity contribution in [2.45, 2.75) is 6.17 Å². The quantitative estimate of drug-likeness (QED) is 0.388. The molecule has 1 atom stereocenters. The Morgan fingerprint density at radius 3 is 3.22 bits per heavy atom. The van der Waals surface area contributed by atoms with Crippen LogP contribution in [0.15, 0.2) is 11.8 Å². The van der Waals surface area contributed by atoms with Gasteiger partial charge in [-0.2, -0.15) is 0 Å². The molecule has 2 rings (SSSR count). The first-order valence-electron chi connectivity index (χ1n) is 3.37. The van der Waals surface area contributed by atoms with Gasteiger partial charge in [-0.3, -0.25) is 10.6 Å². The topological polar surface area (TPSA) is 36.1 Å². The zero-order valence-corrected chi connectivity index (χ0v) is 5.28. The number of hydrogen-bond donors (Lipinski definition) is 3. The summed E-state index contributed by atoms with van der Waals surface area (Å²) < 4.78 is 0. The summed E-state index contributed by atoms with van der Waals surface area (Å²) in [5.41, 5.74) is 1.32. The summed E-state index contributed by atoms with van der Waals surface area (Å²) in [4.78, 5) is 0. The lowest BCUT2D eigenvalue weighted by molar-refractivity contribution is 0.452. The molecule has 0 spiro atoms. The van der Waals surface area contributed by atoms with Crippen molar-refractivity contribution >= 4 is 0 Å². The molecule has 0 aromatic carbocycles. The van der Waals surface area contributed by atoms with Gasteiger partial charge in [-0.25, -0.2) is 0 Å². The third-order valence-corrected chi connectivity index (χ3v) is 1.76. The lowest BCUT2D eigenvalue weighted by atomic mass is 10.3. The monoisotopic (exact) mass is 125 g/mol. The summed E-state index contributed by atoms with van der Waals surface area (Å²) in [6.45, 7) is 3.12. The van der Waals surface area contributed by atoms with Crippen molar-refractivity contribution in [2.75, 3.05) is 19.6 Å². The van der Waals surface area contributed by atoms with Crippen LogP contribution in [0.5, 0.6) is 0 Å². The highest BCUT2D eigenvalue weighted by Gasteiger charge is 2.19. The molecule has 0 amide bonds. The zero-order chi connectivity index (χ0) is 6.10. The molecule has 1 saturated heterocycles. The third kappa shape index (κ3) is 0.821. The number of fused-ring (bicyclic) bond motifs is 1. The van der Waals surface area contributed by atoms with Gasteiger partial charge in [0.2, 0.25) is 0 Å². The molecule has 2 heterocycles. The molecule has 0 radical (unpaired) electrons. The maximum Gasteiger partial charge on any atom is 0.0984 e. The summed E-state index contributed by atoms with van der Waals surface area (Å²) in [6, 6.07) is 0. The van der Waals surface area contributed by atoms with Crippen molar-refractivity contribution < 1.29 is 0 Å². The number of hydrogen-bond acceptors (Lipinski definition) is 3. The largest absolute Gasteiger partial charge is 0.385 e. The van der Waals surface area contributed by atoms with E-state index in [-0.39, 0.29) is 0 Å². The van der Waals surface area contributed by atoms with E-state index < -0.39 is 0 Å². The molecular formula is C6H11N3. The Morgan fingerprint density at radius 1 is 1.33 bits per heavy atom. The molecule has 1 unspecified atom stereocenters. The molecule has 1 fully saturated rings. The number of rotatable bonds is 0. The normalized spacial score (nSPS) is 32.9. The van der Waals surface area contributed by atoms with E-state index in [1.54, 1.807) is 0 Å². The molecule has 0 bridgehead atoms. The SMILES string of the molecule is C1=C2NCCNC2NC1. The van der Waals surface area contributed by atoms with Crippen LogP contribution in [0, 0.1) is 0 Å². The van der Waals surface area contributed by atoms with E-state index in [1.165, 1.54) is 5.70 Å². The van der Waals surface area contributed by atoms with Crippen molar-refractivity contribution in [3.63, 3.8) is 0 Å². The summed E-state index contributed by atoms with van der Waals surface area (Å²) in [7, 11) is 0. The lowest BCUT2D eigenvalue weighted by Crippen LogP contribution is -2.50. The number of piperazine rings is 1. The van der Waals surface area contributed by atoms with Crippen LogP contribution in [-0.4, -0.2) is 25.8 Å². The van der Waals surface area contributed by atoms with Gasteiger partial charge in [0.05, 0.1) is 6.17 Å². The van der Waals surface area contributed by atoms with Gasteiger partial charge in [0.15, 0.2) is 0 Å². The van der Waals surface area contributed by atoms with E-state index in [1.807, 2.05) is 0 Å². The predicted molar refractivity (Wildman–Crippen MR) is 35.9 cm³/mol. The Morgan fingerprint density at radius 2 is 2.33 bits per heavy atom. The molecule has 0 saturated carbocycles. The fourth-order valence-electron chi connectivity index (χ4n) is 1.29. The Hall–Kier alpha value is -0.540. The Labute approximate surface area is 54.5 Å². The molecule has 3 heteroatoms. The molecule has 0 aromatic rings. The highest BCUT2D eigenvalue weighted by Crippen LogP contribution is 2.03. The fraction of sp³-hybridized carbons (Fsp3) is 0.667. The van der Waals surface area contributed by atoms with Gasteiger partial charge >= 0.3 is 0 Å². The first-order valence-corrected chi connectivity index (χ1v) is 3.37. The van der Waals surface area contributed by atoms with Gasteiger partial charge in [0, 0.05) is 25.3 Å². The molecule has 3 N–H and O–H groups in total. The molecule has 0 aromatic heterocycles. The molecule has 0 aliphatic carbocycles. The summed E-state index contributed by atoms with van der Waals surface area (Å²) >= 11 is 0. The van der Waals surface area contributed by atoms with Gasteiger partial charge in [-0.1, -0.05) is 0 Å². The van der Waals surface area contributed by atoms with E-state index in [9.17, 15) is 0 Å². The smallest absolute Gasteiger partial charge is 0.0984 e.